The van der Waals surface area contributed by atoms with Gasteiger partial charge in [0.25, 0.3) is 0 Å². The summed E-state index contributed by atoms with van der Waals surface area (Å²) in [5.74, 6) is 0.727. The zero-order chi connectivity index (χ0) is 18.4. The van der Waals surface area contributed by atoms with Crippen LogP contribution in [0.1, 0.15) is 53.9 Å². The molecule has 2 aromatic carbocycles. The van der Waals surface area contributed by atoms with E-state index in [-0.39, 0.29) is 0 Å². The largest absolute Gasteiger partial charge is 0.297 e. The highest BCUT2D eigenvalue weighted by molar-refractivity contribution is 5.25. The highest BCUT2D eigenvalue weighted by atomic mass is 15.2. The molecular weight excluding hydrogens is 314 g/mol. The van der Waals surface area contributed by atoms with Crippen molar-refractivity contribution in [3.8, 4) is 0 Å². The van der Waals surface area contributed by atoms with E-state index < -0.39 is 0 Å². The number of nitrogens with zero attached hydrogens (tertiary/aromatic N) is 1. The van der Waals surface area contributed by atoms with Crippen LogP contribution in [0.25, 0.3) is 0 Å². The topological polar surface area (TPSA) is 3.24 Å². The third-order valence-corrected chi connectivity index (χ3v) is 5.91. The molecular formula is C25H33N. The summed E-state index contributed by atoms with van der Waals surface area (Å²) in [5, 5.41) is 0. The average Bonchev–Trinajstić information content (AvgIpc) is 2.68. The van der Waals surface area contributed by atoms with Gasteiger partial charge in [-0.2, -0.15) is 0 Å². The van der Waals surface area contributed by atoms with Gasteiger partial charge in [-0.1, -0.05) is 65.7 Å². The fourth-order valence-corrected chi connectivity index (χ4v) is 4.12. The molecule has 0 spiro atoms. The predicted octanol–water partition coefficient (Wildman–Crippen LogP) is 6.06. The summed E-state index contributed by atoms with van der Waals surface area (Å²) >= 11 is 0. The first-order chi connectivity index (χ1) is 12.7. The predicted molar refractivity (Wildman–Crippen MR) is 113 cm³/mol. The first kappa shape index (κ1) is 18.9. The lowest BCUT2D eigenvalue weighted by Crippen LogP contribution is -2.40. The van der Waals surface area contributed by atoms with Gasteiger partial charge in [-0.25, -0.2) is 0 Å². The third kappa shape index (κ3) is 5.08. The van der Waals surface area contributed by atoms with Gasteiger partial charge in [0.1, 0.15) is 0 Å². The Bertz CT molecular complexity index is 675. The van der Waals surface area contributed by atoms with Crippen LogP contribution in [0.5, 0.6) is 0 Å². The maximum absolute atomic E-state index is 4.12. The number of likely N-dealkylation sites (tertiary alicyclic amines) is 1. The molecule has 1 heterocycles. The Morgan fingerprint density at radius 2 is 1.54 bits per heavy atom. The van der Waals surface area contributed by atoms with E-state index in [1.54, 1.807) is 0 Å². The van der Waals surface area contributed by atoms with E-state index in [4.69, 9.17) is 0 Å². The highest BCUT2D eigenvalue weighted by Gasteiger charge is 2.24. The molecule has 1 unspecified atom stereocenters. The molecule has 1 heteroatoms. The first-order valence-corrected chi connectivity index (χ1v) is 10.1. The van der Waals surface area contributed by atoms with Crippen molar-refractivity contribution in [3.63, 3.8) is 0 Å². The lowest BCUT2D eigenvalue weighted by molar-refractivity contribution is 0.169. The van der Waals surface area contributed by atoms with E-state index in [2.05, 4.69) is 79.9 Å². The molecule has 1 aliphatic heterocycles. The molecule has 1 atom stereocenters. The van der Waals surface area contributed by atoms with E-state index >= 15 is 0 Å². The van der Waals surface area contributed by atoms with E-state index in [1.807, 2.05) is 0 Å². The number of piperidine rings is 1. The minimum absolute atomic E-state index is 0.527. The van der Waals surface area contributed by atoms with E-state index in [0.29, 0.717) is 6.04 Å². The minimum atomic E-state index is 0.527. The van der Waals surface area contributed by atoms with Crippen molar-refractivity contribution in [2.45, 2.75) is 57.9 Å². The van der Waals surface area contributed by atoms with Crippen LogP contribution in [0.4, 0.5) is 0 Å². The standard InChI is InChI=1S/C25H33N/c1-4-25(7-5-6-22-12-8-20(2)9-13-22)26-18-16-24(17-19-26)23-14-10-21(3)11-15-23/h4,8-15,24-25H,1,5-7,16-19H2,2-3H3. The van der Waals surface area contributed by atoms with E-state index in [9.17, 15) is 0 Å². The lowest BCUT2D eigenvalue weighted by atomic mass is 9.88. The van der Waals surface area contributed by atoms with Crippen LogP contribution in [0.15, 0.2) is 61.2 Å². The van der Waals surface area contributed by atoms with Crippen molar-refractivity contribution in [2.75, 3.05) is 13.1 Å². The molecule has 0 saturated carbocycles. The monoisotopic (exact) mass is 347 g/mol. The molecule has 0 aromatic heterocycles. The van der Waals surface area contributed by atoms with Crippen LogP contribution in [0, 0.1) is 13.8 Å². The Labute approximate surface area is 159 Å². The van der Waals surface area contributed by atoms with Gasteiger partial charge < -0.3 is 0 Å². The molecule has 2 aromatic rings. The Morgan fingerprint density at radius 1 is 0.962 bits per heavy atom. The fourth-order valence-electron chi connectivity index (χ4n) is 4.12. The van der Waals surface area contributed by atoms with Crippen LogP contribution in [-0.4, -0.2) is 24.0 Å². The Hall–Kier alpha value is -1.86. The number of rotatable bonds is 7. The summed E-state index contributed by atoms with van der Waals surface area (Å²) in [6.07, 6.45) is 8.33. The van der Waals surface area contributed by atoms with Crippen LogP contribution >= 0.6 is 0 Å². The van der Waals surface area contributed by atoms with Gasteiger partial charge in [0.2, 0.25) is 0 Å². The average molecular weight is 348 g/mol. The highest BCUT2D eigenvalue weighted by Crippen LogP contribution is 2.29. The van der Waals surface area contributed by atoms with Gasteiger partial charge in [-0.05, 0) is 76.1 Å². The summed E-state index contributed by atoms with van der Waals surface area (Å²) in [6, 6.07) is 18.6. The van der Waals surface area contributed by atoms with Gasteiger partial charge in [-0.15, -0.1) is 6.58 Å². The van der Waals surface area contributed by atoms with Gasteiger partial charge in [0.05, 0.1) is 0 Å². The molecule has 0 aliphatic carbocycles. The van der Waals surface area contributed by atoms with Gasteiger partial charge in [-0.3, -0.25) is 4.90 Å². The maximum Gasteiger partial charge on any atom is 0.0275 e. The second-order valence-electron chi connectivity index (χ2n) is 7.90. The van der Waals surface area contributed by atoms with Gasteiger partial charge in [0, 0.05) is 6.04 Å². The summed E-state index contributed by atoms with van der Waals surface area (Å²) in [4.78, 5) is 2.65. The molecule has 1 saturated heterocycles. The quantitative estimate of drug-likeness (QED) is 0.550. The molecule has 1 fully saturated rings. The Morgan fingerprint density at radius 3 is 2.12 bits per heavy atom. The Balaban J connectivity index is 1.46. The summed E-state index contributed by atoms with van der Waals surface area (Å²) in [7, 11) is 0. The second-order valence-corrected chi connectivity index (χ2v) is 7.90. The van der Waals surface area contributed by atoms with Crippen molar-refractivity contribution in [1.29, 1.82) is 0 Å². The van der Waals surface area contributed by atoms with Gasteiger partial charge in [0.15, 0.2) is 0 Å². The van der Waals surface area contributed by atoms with E-state index in [0.717, 1.165) is 5.92 Å². The van der Waals surface area contributed by atoms with E-state index in [1.165, 1.54) is 67.4 Å². The van der Waals surface area contributed by atoms with Gasteiger partial charge >= 0.3 is 0 Å². The lowest BCUT2D eigenvalue weighted by Gasteiger charge is -2.36. The van der Waals surface area contributed by atoms with Crippen LogP contribution in [-0.2, 0) is 6.42 Å². The maximum atomic E-state index is 4.12. The van der Waals surface area contributed by atoms with Crippen LogP contribution in [0.2, 0.25) is 0 Å². The number of benzene rings is 2. The smallest absolute Gasteiger partial charge is 0.0275 e. The number of hydrogen-bond donors (Lipinski definition) is 0. The normalized spacial score (nSPS) is 17.2. The van der Waals surface area contributed by atoms with Crippen molar-refractivity contribution in [1.82, 2.24) is 4.90 Å². The summed E-state index contributed by atoms with van der Waals surface area (Å²) in [5.41, 5.74) is 5.67. The molecule has 138 valence electrons. The molecule has 1 nitrogen and oxygen atoms in total. The first-order valence-electron chi connectivity index (χ1n) is 10.1. The van der Waals surface area contributed by atoms with Crippen molar-refractivity contribution >= 4 is 0 Å². The molecule has 0 radical (unpaired) electrons. The summed E-state index contributed by atoms with van der Waals surface area (Å²) < 4.78 is 0. The second kappa shape index (κ2) is 9.19. The molecule has 0 N–H and O–H groups in total. The van der Waals surface area contributed by atoms with Crippen molar-refractivity contribution < 1.29 is 0 Å². The Kier molecular flexibility index (Phi) is 6.68. The number of hydrogen-bond acceptors (Lipinski definition) is 1. The van der Waals surface area contributed by atoms with Crippen LogP contribution < -0.4 is 0 Å². The van der Waals surface area contributed by atoms with Crippen LogP contribution in [0.3, 0.4) is 0 Å². The third-order valence-electron chi connectivity index (χ3n) is 5.91. The fraction of sp³-hybridized carbons (Fsp3) is 0.440. The zero-order valence-electron chi connectivity index (χ0n) is 16.5. The molecule has 0 amide bonds. The van der Waals surface area contributed by atoms with Crippen molar-refractivity contribution in [2.24, 2.45) is 0 Å². The molecule has 26 heavy (non-hydrogen) atoms. The van der Waals surface area contributed by atoms with Crippen molar-refractivity contribution in [3.05, 3.63) is 83.4 Å². The molecule has 3 rings (SSSR count). The molecule has 0 bridgehead atoms. The minimum Gasteiger partial charge on any atom is -0.297 e. The summed E-state index contributed by atoms with van der Waals surface area (Å²) in [6.45, 7) is 10.8. The zero-order valence-corrected chi connectivity index (χ0v) is 16.5. The SMILES string of the molecule is C=CC(CCCc1ccc(C)cc1)N1CCC(c2ccc(C)cc2)CC1. The molecule has 1 aliphatic rings. The number of aryl methyl sites for hydroxylation is 3.